The topological polar surface area (TPSA) is 91.3 Å². The summed E-state index contributed by atoms with van der Waals surface area (Å²) in [5.74, 6) is 2.48. The third-order valence-electron chi connectivity index (χ3n) is 8.51. The highest BCUT2D eigenvalue weighted by atomic mass is 35.5. The van der Waals surface area contributed by atoms with Crippen molar-refractivity contribution in [2.45, 2.75) is 57.4 Å². The lowest BCUT2D eigenvalue weighted by Gasteiger charge is -2.20. The van der Waals surface area contributed by atoms with Crippen LogP contribution in [0.25, 0.3) is 6.08 Å². The maximum atomic E-state index is 13.5. The standard InChI is InChI=1S/C32H33Cl2N3O3/c1-40-24-11-8-20(9-12-24)17-21-5-2-3-7-25(30(21)36-27-13-10-23(33)18-26(27)34)29(35)31(39)37-28-19-32(28)15-4-6-22(32)14-16-38/h8-14,17-18,22,28,35-36H,2-7,15,19H2,1H3,(H,37,39)/b21-17+,35-29?. The largest absolute Gasteiger partial charge is 0.497 e. The number of carbonyl (C=O) groups excluding carboxylic acids is 2. The van der Waals surface area contributed by atoms with Gasteiger partial charge in [-0.3, -0.25) is 10.2 Å². The van der Waals surface area contributed by atoms with Gasteiger partial charge in [0.15, 0.2) is 0 Å². The van der Waals surface area contributed by atoms with E-state index in [4.69, 9.17) is 33.3 Å². The average molecular weight is 579 g/mol. The number of ether oxygens (including phenoxy) is 1. The fraction of sp³-hybridized carbons (Fsp3) is 0.375. The van der Waals surface area contributed by atoms with Crippen molar-refractivity contribution in [3.63, 3.8) is 0 Å². The Morgan fingerprint density at radius 1 is 1.12 bits per heavy atom. The Hall–Kier alpha value is -3.31. The second-order valence-electron chi connectivity index (χ2n) is 10.9. The Kier molecular flexibility index (Phi) is 8.51. The molecule has 0 heterocycles. The molecule has 0 saturated heterocycles. The Morgan fingerprint density at radius 3 is 2.62 bits per heavy atom. The van der Waals surface area contributed by atoms with Gasteiger partial charge in [-0.25, -0.2) is 4.79 Å². The van der Waals surface area contributed by atoms with Gasteiger partial charge >= 0.3 is 0 Å². The number of benzene rings is 2. The highest BCUT2D eigenvalue weighted by Gasteiger charge is 2.60. The lowest BCUT2D eigenvalue weighted by molar-refractivity contribution is -0.115. The van der Waals surface area contributed by atoms with Crippen LogP contribution in [0.2, 0.25) is 10.0 Å². The lowest BCUT2D eigenvalue weighted by Crippen LogP contribution is -2.37. The summed E-state index contributed by atoms with van der Waals surface area (Å²) in [5.41, 5.74) is 3.92. The molecule has 2 fully saturated rings. The molecule has 3 unspecified atom stereocenters. The van der Waals surface area contributed by atoms with E-state index in [1.807, 2.05) is 36.3 Å². The quantitative estimate of drug-likeness (QED) is 0.225. The maximum Gasteiger partial charge on any atom is 0.269 e. The molecule has 1 amide bonds. The molecule has 0 bridgehead atoms. The molecule has 3 atom stereocenters. The van der Waals surface area contributed by atoms with Crippen LogP contribution in [0.15, 0.2) is 65.4 Å². The second kappa shape index (κ2) is 12.1. The van der Waals surface area contributed by atoms with Gasteiger partial charge in [-0.15, -0.1) is 0 Å². The molecule has 208 valence electrons. The zero-order chi connectivity index (χ0) is 28.3. The van der Waals surface area contributed by atoms with E-state index >= 15 is 0 Å². The summed E-state index contributed by atoms with van der Waals surface area (Å²) in [5, 5.41) is 16.6. The molecular formula is C32H33Cl2N3O3. The average Bonchev–Trinajstić information content (AvgIpc) is 3.55. The second-order valence-corrected chi connectivity index (χ2v) is 11.7. The predicted octanol–water partition coefficient (Wildman–Crippen LogP) is 7.41. The fourth-order valence-corrected chi connectivity index (χ4v) is 6.72. The molecule has 5 rings (SSSR count). The van der Waals surface area contributed by atoms with E-state index in [-0.39, 0.29) is 29.0 Å². The smallest absolute Gasteiger partial charge is 0.269 e. The van der Waals surface area contributed by atoms with E-state index < -0.39 is 0 Å². The van der Waals surface area contributed by atoms with Crippen LogP contribution in [0.3, 0.4) is 0 Å². The number of rotatable bonds is 8. The molecule has 40 heavy (non-hydrogen) atoms. The number of allylic oxidation sites excluding steroid dienone is 2. The number of hydrogen-bond donors (Lipinski definition) is 3. The van der Waals surface area contributed by atoms with Crippen LogP contribution < -0.4 is 15.4 Å². The van der Waals surface area contributed by atoms with Crippen LogP contribution in [0.5, 0.6) is 5.75 Å². The number of halogens is 2. The van der Waals surface area contributed by atoms with Crippen molar-refractivity contribution in [3.05, 3.63) is 81.0 Å². The van der Waals surface area contributed by atoms with E-state index in [9.17, 15) is 9.59 Å². The molecular weight excluding hydrogens is 545 g/mol. The fourth-order valence-electron chi connectivity index (χ4n) is 6.26. The van der Waals surface area contributed by atoms with Crippen molar-refractivity contribution in [1.82, 2.24) is 5.32 Å². The van der Waals surface area contributed by atoms with E-state index in [2.05, 4.69) is 16.7 Å². The number of nitrogens with one attached hydrogen (secondary N) is 3. The summed E-state index contributed by atoms with van der Waals surface area (Å²) >= 11 is 12.7. The highest BCUT2D eigenvalue weighted by molar-refractivity contribution is 6.44. The van der Waals surface area contributed by atoms with Crippen molar-refractivity contribution in [3.8, 4) is 5.75 Å². The van der Waals surface area contributed by atoms with Gasteiger partial charge in [-0.05, 0) is 104 Å². The Balaban J connectivity index is 1.48. The molecule has 0 aromatic heterocycles. The van der Waals surface area contributed by atoms with Crippen molar-refractivity contribution in [1.29, 1.82) is 5.41 Å². The monoisotopic (exact) mass is 577 g/mol. The first kappa shape index (κ1) is 28.2. The van der Waals surface area contributed by atoms with Gasteiger partial charge in [0.1, 0.15) is 17.4 Å². The van der Waals surface area contributed by atoms with E-state index in [0.717, 1.165) is 67.5 Å². The molecule has 2 saturated carbocycles. The van der Waals surface area contributed by atoms with E-state index in [1.165, 1.54) is 0 Å². The van der Waals surface area contributed by atoms with Crippen LogP contribution in [0.1, 0.15) is 56.9 Å². The first-order chi connectivity index (χ1) is 19.3. The summed E-state index contributed by atoms with van der Waals surface area (Å²) in [7, 11) is 1.64. The lowest BCUT2D eigenvalue weighted by atomic mass is 9.92. The van der Waals surface area contributed by atoms with Gasteiger partial charge in [-0.1, -0.05) is 41.8 Å². The minimum Gasteiger partial charge on any atom is -0.497 e. The zero-order valence-corrected chi connectivity index (χ0v) is 24.0. The number of amides is 1. The number of hydrogen-bond acceptors (Lipinski definition) is 5. The van der Waals surface area contributed by atoms with Gasteiger partial charge in [0, 0.05) is 28.4 Å². The first-order valence-electron chi connectivity index (χ1n) is 13.8. The molecule has 6 nitrogen and oxygen atoms in total. The zero-order valence-electron chi connectivity index (χ0n) is 22.5. The molecule has 0 radical (unpaired) electrons. The summed E-state index contributed by atoms with van der Waals surface area (Å²) in [6, 6.07) is 13.0. The number of carbonyl (C=O) groups is 1. The summed E-state index contributed by atoms with van der Waals surface area (Å²) < 4.78 is 5.31. The Labute approximate surface area is 245 Å². The molecule has 8 heteroatoms. The Morgan fingerprint density at radius 2 is 1.90 bits per heavy atom. The molecule has 0 aliphatic heterocycles. The molecule has 3 aliphatic rings. The SMILES string of the molecule is COc1ccc(/C=C2\CCCCC(C(=N)C(=O)NC3CC34CCCC4C=C=O)=C2Nc2ccc(Cl)cc2Cl)cc1. The maximum absolute atomic E-state index is 13.5. The highest BCUT2D eigenvalue weighted by Crippen LogP contribution is 2.61. The van der Waals surface area contributed by atoms with Crippen molar-refractivity contribution < 1.29 is 14.3 Å². The number of methoxy groups -OCH3 is 1. The minimum absolute atomic E-state index is 0.0275. The normalized spacial score (nSPS) is 24.8. The third kappa shape index (κ3) is 5.90. The predicted molar refractivity (Wildman–Crippen MR) is 161 cm³/mol. The minimum atomic E-state index is -0.384. The van der Waals surface area contributed by atoms with Gasteiger partial charge in [0.05, 0.1) is 17.8 Å². The van der Waals surface area contributed by atoms with Crippen molar-refractivity contribution in [2.24, 2.45) is 11.3 Å². The third-order valence-corrected chi connectivity index (χ3v) is 9.06. The molecule has 3 N–H and O–H groups in total. The van der Waals surface area contributed by atoms with E-state index in [0.29, 0.717) is 27.7 Å². The molecule has 1 spiro atoms. The van der Waals surface area contributed by atoms with Crippen LogP contribution in [-0.2, 0) is 9.59 Å². The van der Waals surface area contributed by atoms with Gasteiger partial charge in [0.2, 0.25) is 0 Å². The van der Waals surface area contributed by atoms with Gasteiger partial charge < -0.3 is 15.4 Å². The van der Waals surface area contributed by atoms with Crippen molar-refractivity contribution >= 4 is 52.5 Å². The van der Waals surface area contributed by atoms with Crippen LogP contribution in [0, 0.1) is 16.7 Å². The Bertz CT molecular complexity index is 1430. The molecule has 2 aromatic rings. The summed E-state index contributed by atoms with van der Waals surface area (Å²) in [6.45, 7) is 0. The van der Waals surface area contributed by atoms with Crippen LogP contribution in [0.4, 0.5) is 5.69 Å². The first-order valence-corrected chi connectivity index (χ1v) is 14.5. The summed E-state index contributed by atoms with van der Waals surface area (Å²) in [6.07, 6.45) is 10.6. The summed E-state index contributed by atoms with van der Waals surface area (Å²) in [4.78, 5) is 24.5. The van der Waals surface area contributed by atoms with Crippen LogP contribution >= 0.6 is 23.2 Å². The molecule has 2 aromatic carbocycles. The van der Waals surface area contributed by atoms with Crippen molar-refractivity contribution in [2.75, 3.05) is 12.4 Å². The van der Waals surface area contributed by atoms with E-state index in [1.54, 1.807) is 25.3 Å². The van der Waals surface area contributed by atoms with Gasteiger partial charge in [0.25, 0.3) is 5.91 Å². The number of anilines is 1. The van der Waals surface area contributed by atoms with Gasteiger partial charge in [-0.2, -0.15) is 0 Å². The molecule has 3 aliphatic carbocycles. The van der Waals surface area contributed by atoms with Crippen LogP contribution in [-0.4, -0.2) is 30.7 Å².